The van der Waals surface area contributed by atoms with Crippen LogP contribution in [0.2, 0.25) is 0 Å². The molecule has 0 aromatic heterocycles. The molecule has 0 fully saturated rings. The molecule has 0 aliphatic rings. The third kappa shape index (κ3) is 30.1. The van der Waals surface area contributed by atoms with Gasteiger partial charge in [0.1, 0.15) is 0 Å². The summed E-state index contributed by atoms with van der Waals surface area (Å²) < 4.78 is 0. The van der Waals surface area contributed by atoms with E-state index in [4.69, 9.17) is 10.2 Å². The number of unbranched alkanes of at least 4 members (excludes halogenated alkanes) is 4. The van der Waals surface area contributed by atoms with E-state index >= 15 is 0 Å². The maximum absolute atomic E-state index is 10.0. The number of carboxylic acids is 1. The zero-order valence-electron chi connectivity index (χ0n) is 9.20. The monoisotopic (exact) mass is 205 g/mol. The van der Waals surface area contributed by atoms with Gasteiger partial charge in [0.15, 0.2) is 0 Å². The Morgan fingerprint density at radius 3 is 2.07 bits per heavy atom. The minimum absolute atomic E-state index is 0.337. The van der Waals surface area contributed by atoms with E-state index in [0.29, 0.717) is 6.42 Å². The fourth-order valence-corrected chi connectivity index (χ4v) is 0.880. The lowest BCUT2D eigenvalue weighted by Crippen LogP contribution is -2.11. The van der Waals surface area contributed by atoms with Gasteiger partial charge in [0, 0.05) is 6.42 Å². The number of hydrogen-bond donors (Lipinski definition) is 3. The second-order valence-corrected chi connectivity index (χ2v) is 3.30. The largest absolute Gasteiger partial charge is 0.481 e. The molecule has 1 atom stereocenters. The lowest BCUT2D eigenvalue weighted by Gasteiger charge is -1.95. The summed E-state index contributed by atoms with van der Waals surface area (Å²) >= 11 is 0. The van der Waals surface area contributed by atoms with Crippen molar-refractivity contribution in [3.05, 3.63) is 0 Å². The van der Waals surface area contributed by atoms with Crippen molar-refractivity contribution in [2.45, 2.75) is 58.6 Å². The predicted molar refractivity (Wildman–Crippen MR) is 56.9 cm³/mol. The number of aliphatic hydroxyl groups is 1. The molecule has 0 spiro atoms. The van der Waals surface area contributed by atoms with E-state index in [9.17, 15) is 4.79 Å². The fraction of sp³-hybridized carbons (Fsp3) is 0.900. The van der Waals surface area contributed by atoms with Gasteiger partial charge in [0.05, 0.1) is 6.23 Å². The Kier molecular flexibility index (Phi) is 14.0. The van der Waals surface area contributed by atoms with E-state index in [1.54, 1.807) is 0 Å². The zero-order chi connectivity index (χ0) is 11.4. The lowest BCUT2D eigenvalue weighted by molar-refractivity contribution is -0.137. The maximum atomic E-state index is 10.0. The highest BCUT2D eigenvalue weighted by Crippen LogP contribution is 2.04. The Hall–Kier alpha value is -0.610. The molecule has 0 saturated heterocycles. The van der Waals surface area contributed by atoms with Gasteiger partial charge in [0.2, 0.25) is 0 Å². The molecule has 86 valence electrons. The van der Waals surface area contributed by atoms with Crippen molar-refractivity contribution >= 4 is 5.97 Å². The smallest absolute Gasteiger partial charge is 0.303 e. The van der Waals surface area contributed by atoms with Gasteiger partial charge < -0.3 is 15.9 Å². The van der Waals surface area contributed by atoms with Crippen molar-refractivity contribution in [1.82, 2.24) is 0 Å². The summed E-state index contributed by atoms with van der Waals surface area (Å²) in [6.07, 6.45) is 5.22. The average Bonchev–Trinajstić information content (AvgIpc) is 2.02. The van der Waals surface area contributed by atoms with E-state index in [1.807, 2.05) is 0 Å². The zero-order valence-corrected chi connectivity index (χ0v) is 9.20. The Morgan fingerprint density at radius 2 is 1.71 bits per heavy atom. The predicted octanol–water partition coefficient (Wildman–Crippen LogP) is 1.71. The number of carboxylic acid groups (broad SMARTS) is 1. The van der Waals surface area contributed by atoms with Gasteiger partial charge in [0.25, 0.3) is 0 Å². The molecule has 4 heteroatoms. The minimum Gasteiger partial charge on any atom is -0.481 e. The topological polar surface area (TPSA) is 83.5 Å². The molecular weight excluding hydrogens is 182 g/mol. The molecule has 0 saturated carbocycles. The van der Waals surface area contributed by atoms with Gasteiger partial charge >= 0.3 is 5.97 Å². The Morgan fingerprint density at radius 1 is 1.29 bits per heavy atom. The quantitative estimate of drug-likeness (QED) is 0.455. The van der Waals surface area contributed by atoms with Gasteiger partial charge in [-0.05, 0) is 13.3 Å². The molecule has 0 aliphatic carbocycles. The van der Waals surface area contributed by atoms with Crippen molar-refractivity contribution in [2.75, 3.05) is 0 Å². The summed E-state index contributed by atoms with van der Waals surface area (Å²) in [4.78, 5) is 10.0. The SMILES string of the molecule is CC(N)O.CCCCCCCC(=O)O. The van der Waals surface area contributed by atoms with Crippen LogP contribution in [0.4, 0.5) is 0 Å². The number of aliphatic carboxylic acids is 1. The standard InChI is InChI=1S/C8H16O2.C2H7NO/c1-2-3-4-5-6-7-8(9)10;1-2(3)4/h2-7H2,1H3,(H,9,10);2,4H,3H2,1H3. The Labute approximate surface area is 86.1 Å². The van der Waals surface area contributed by atoms with Gasteiger partial charge in [-0.15, -0.1) is 0 Å². The van der Waals surface area contributed by atoms with Crippen LogP contribution in [0.5, 0.6) is 0 Å². The summed E-state index contributed by atoms with van der Waals surface area (Å²) in [5.41, 5.74) is 4.67. The number of hydrogen-bond acceptors (Lipinski definition) is 3. The highest BCUT2D eigenvalue weighted by Gasteiger charge is 1.94. The van der Waals surface area contributed by atoms with E-state index < -0.39 is 12.2 Å². The summed E-state index contributed by atoms with van der Waals surface area (Å²) in [5.74, 6) is -0.670. The van der Waals surface area contributed by atoms with Crippen LogP contribution in [0.1, 0.15) is 52.4 Å². The molecule has 0 aromatic rings. The van der Waals surface area contributed by atoms with Crippen molar-refractivity contribution in [2.24, 2.45) is 5.73 Å². The van der Waals surface area contributed by atoms with Crippen molar-refractivity contribution in [1.29, 1.82) is 0 Å². The molecule has 0 amide bonds. The summed E-state index contributed by atoms with van der Waals surface area (Å²) in [7, 11) is 0. The summed E-state index contributed by atoms with van der Waals surface area (Å²) in [5, 5.41) is 16.1. The summed E-state index contributed by atoms with van der Waals surface area (Å²) in [6.45, 7) is 3.65. The van der Waals surface area contributed by atoms with Crippen LogP contribution >= 0.6 is 0 Å². The molecule has 1 unspecified atom stereocenters. The first-order valence-corrected chi connectivity index (χ1v) is 5.16. The Balaban J connectivity index is 0. The lowest BCUT2D eigenvalue weighted by atomic mass is 10.1. The maximum Gasteiger partial charge on any atom is 0.303 e. The molecule has 0 bridgehead atoms. The highest BCUT2D eigenvalue weighted by molar-refractivity contribution is 5.66. The van der Waals surface area contributed by atoms with Gasteiger partial charge in [-0.25, -0.2) is 0 Å². The first kappa shape index (κ1) is 15.8. The number of rotatable bonds is 6. The van der Waals surface area contributed by atoms with Crippen LogP contribution in [0, 0.1) is 0 Å². The fourth-order valence-electron chi connectivity index (χ4n) is 0.880. The van der Waals surface area contributed by atoms with E-state index in [2.05, 4.69) is 12.7 Å². The molecule has 14 heavy (non-hydrogen) atoms. The number of aliphatic hydroxyl groups excluding tert-OH is 1. The van der Waals surface area contributed by atoms with Crippen molar-refractivity contribution in [3.63, 3.8) is 0 Å². The average molecular weight is 205 g/mol. The molecular formula is C10H23NO3. The minimum atomic E-state index is -0.670. The summed E-state index contributed by atoms with van der Waals surface area (Å²) in [6, 6.07) is 0. The molecule has 4 N–H and O–H groups in total. The molecule has 0 radical (unpaired) electrons. The van der Waals surface area contributed by atoms with Crippen molar-refractivity contribution in [3.8, 4) is 0 Å². The normalized spacial score (nSPS) is 11.4. The van der Waals surface area contributed by atoms with Crippen LogP contribution in [-0.2, 0) is 4.79 Å². The second-order valence-electron chi connectivity index (χ2n) is 3.30. The van der Waals surface area contributed by atoms with Gasteiger partial charge in [-0.3, -0.25) is 4.79 Å². The van der Waals surface area contributed by atoms with E-state index in [1.165, 1.54) is 26.2 Å². The third-order valence-corrected chi connectivity index (χ3v) is 1.49. The van der Waals surface area contributed by atoms with Crippen LogP contribution in [0.3, 0.4) is 0 Å². The molecule has 4 nitrogen and oxygen atoms in total. The molecule has 0 aliphatic heterocycles. The Bertz CT molecular complexity index is 124. The van der Waals surface area contributed by atoms with Crippen LogP contribution in [0.25, 0.3) is 0 Å². The van der Waals surface area contributed by atoms with Gasteiger partial charge in [-0.2, -0.15) is 0 Å². The van der Waals surface area contributed by atoms with Crippen LogP contribution in [-0.4, -0.2) is 22.4 Å². The van der Waals surface area contributed by atoms with Crippen molar-refractivity contribution < 1.29 is 15.0 Å². The molecule has 0 aromatic carbocycles. The molecule has 0 rings (SSSR count). The van der Waals surface area contributed by atoms with E-state index in [-0.39, 0.29) is 0 Å². The van der Waals surface area contributed by atoms with Gasteiger partial charge in [-0.1, -0.05) is 32.6 Å². The van der Waals surface area contributed by atoms with Crippen LogP contribution in [0.15, 0.2) is 0 Å². The molecule has 0 heterocycles. The van der Waals surface area contributed by atoms with E-state index in [0.717, 1.165) is 12.8 Å². The third-order valence-electron chi connectivity index (χ3n) is 1.49. The number of nitrogens with two attached hydrogens (primary N) is 1. The second kappa shape index (κ2) is 12.4. The first-order chi connectivity index (χ1) is 6.50. The first-order valence-electron chi connectivity index (χ1n) is 5.16. The van der Waals surface area contributed by atoms with Crippen LogP contribution < -0.4 is 5.73 Å². The highest BCUT2D eigenvalue weighted by atomic mass is 16.4. The number of carbonyl (C=O) groups is 1.